The largest absolute Gasteiger partial charge is 0.495 e. The number of nitrogens with one attached hydrogen (secondary N) is 1. The summed E-state index contributed by atoms with van der Waals surface area (Å²) in [6, 6.07) is 26.2. The van der Waals surface area contributed by atoms with Gasteiger partial charge in [0, 0.05) is 19.0 Å². The standard InChI is InChI=1S/C36H39Cl2N3O5S/c1-5-26(3)39-36(43)33(22-27-11-7-6-8-12-27)40(23-28-17-20-30(37)31(38)21-28)35(42)24-41(32-13-9-10-14-34(32)46-4)47(44,45)29-18-15-25(2)16-19-29/h6-21,26,33H,5,22-24H2,1-4H3,(H,39,43)/t26-,33-/m0/s1. The molecule has 47 heavy (non-hydrogen) atoms. The Kier molecular flexibility index (Phi) is 12.3. The van der Waals surface area contributed by atoms with Gasteiger partial charge in [0.05, 0.1) is 27.7 Å². The molecule has 0 spiro atoms. The van der Waals surface area contributed by atoms with Gasteiger partial charge in [-0.25, -0.2) is 8.42 Å². The van der Waals surface area contributed by atoms with Gasteiger partial charge in [0.25, 0.3) is 10.0 Å². The second-order valence-electron chi connectivity index (χ2n) is 11.3. The molecular weight excluding hydrogens is 657 g/mol. The maximum absolute atomic E-state index is 14.6. The van der Waals surface area contributed by atoms with Gasteiger partial charge in [0.15, 0.2) is 0 Å². The van der Waals surface area contributed by atoms with Crippen molar-refractivity contribution in [2.75, 3.05) is 18.0 Å². The zero-order valence-corrected chi connectivity index (χ0v) is 29.1. The third-order valence-electron chi connectivity index (χ3n) is 7.85. The molecule has 11 heteroatoms. The summed E-state index contributed by atoms with van der Waals surface area (Å²) in [5.74, 6) is -0.692. The van der Waals surface area contributed by atoms with Gasteiger partial charge in [0.2, 0.25) is 11.8 Å². The van der Waals surface area contributed by atoms with Crippen LogP contribution in [0, 0.1) is 6.92 Å². The highest BCUT2D eigenvalue weighted by atomic mass is 35.5. The average Bonchev–Trinajstić information content (AvgIpc) is 3.07. The molecule has 2 atom stereocenters. The van der Waals surface area contributed by atoms with Gasteiger partial charge in [-0.3, -0.25) is 13.9 Å². The molecule has 4 aromatic rings. The summed E-state index contributed by atoms with van der Waals surface area (Å²) >= 11 is 12.6. The molecule has 2 amide bonds. The van der Waals surface area contributed by atoms with Crippen molar-refractivity contribution in [3.8, 4) is 5.75 Å². The van der Waals surface area contributed by atoms with Gasteiger partial charge in [-0.15, -0.1) is 0 Å². The maximum Gasteiger partial charge on any atom is 0.264 e. The normalized spacial score (nSPS) is 12.6. The molecule has 0 aliphatic rings. The molecule has 0 radical (unpaired) electrons. The van der Waals surface area contributed by atoms with E-state index in [0.717, 1.165) is 15.4 Å². The number of para-hydroxylation sites is 2. The number of methoxy groups -OCH3 is 1. The van der Waals surface area contributed by atoms with E-state index in [1.54, 1.807) is 54.6 Å². The van der Waals surface area contributed by atoms with Gasteiger partial charge in [-0.2, -0.15) is 0 Å². The fourth-order valence-corrected chi connectivity index (χ4v) is 6.76. The van der Waals surface area contributed by atoms with Gasteiger partial charge < -0.3 is 15.0 Å². The summed E-state index contributed by atoms with van der Waals surface area (Å²) in [6.07, 6.45) is 0.871. The molecule has 0 bridgehead atoms. The number of hydrogen-bond donors (Lipinski definition) is 1. The van der Waals surface area contributed by atoms with E-state index in [0.29, 0.717) is 17.0 Å². The molecule has 248 valence electrons. The van der Waals surface area contributed by atoms with Crippen LogP contribution in [0.5, 0.6) is 5.75 Å². The zero-order chi connectivity index (χ0) is 34.1. The minimum Gasteiger partial charge on any atom is -0.495 e. The number of halogens is 2. The lowest BCUT2D eigenvalue weighted by Gasteiger charge is -2.34. The molecule has 0 saturated carbocycles. The molecule has 0 saturated heterocycles. The Labute approximate surface area is 287 Å². The summed E-state index contributed by atoms with van der Waals surface area (Å²) in [7, 11) is -2.84. The number of carbonyl (C=O) groups excluding carboxylic acids is 2. The topological polar surface area (TPSA) is 96.0 Å². The fourth-order valence-electron chi connectivity index (χ4n) is 5.02. The first-order valence-corrected chi connectivity index (χ1v) is 17.4. The van der Waals surface area contributed by atoms with Crippen molar-refractivity contribution in [3.05, 3.63) is 124 Å². The van der Waals surface area contributed by atoms with Crippen LogP contribution in [0.2, 0.25) is 10.0 Å². The van der Waals surface area contributed by atoms with E-state index in [9.17, 15) is 18.0 Å². The lowest BCUT2D eigenvalue weighted by atomic mass is 10.0. The Hall–Kier alpha value is -4.05. The Balaban J connectivity index is 1.85. The minimum atomic E-state index is -4.28. The third-order valence-corrected chi connectivity index (χ3v) is 10.4. The zero-order valence-electron chi connectivity index (χ0n) is 26.8. The van der Waals surface area contributed by atoms with Crippen LogP contribution < -0.4 is 14.4 Å². The quantitative estimate of drug-likeness (QED) is 0.152. The second-order valence-corrected chi connectivity index (χ2v) is 14.0. The Morgan fingerprint density at radius 1 is 0.872 bits per heavy atom. The maximum atomic E-state index is 14.6. The summed E-state index contributed by atoms with van der Waals surface area (Å²) in [5, 5.41) is 3.66. The van der Waals surface area contributed by atoms with E-state index in [-0.39, 0.29) is 46.3 Å². The highest BCUT2D eigenvalue weighted by Crippen LogP contribution is 2.33. The van der Waals surface area contributed by atoms with E-state index in [1.807, 2.05) is 51.1 Å². The highest BCUT2D eigenvalue weighted by Gasteiger charge is 2.35. The Bertz CT molecular complexity index is 1790. The minimum absolute atomic E-state index is 0.00758. The van der Waals surface area contributed by atoms with Crippen molar-refractivity contribution in [2.24, 2.45) is 0 Å². The van der Waals surface area contributed by atoms with Crippen molar-refractivity contribution in [1.82, 2.24) is 10.2 Å². The summed E-state index contributed by atoms with van der Waals surface area (Å²) in [6.45, 7) is 5.05. The Morgan fingerprint density at radius 2 is 1.53 bits per heavy atom. The molecule has 8 nitrogen and oxygen atoms in total. The summed E-state index contributed by atoms with van der Waals surface area (Å²) < 4.78 is 35.1. The van der Waals surface area contributed by atoms with Crippen LogP contribution >= 0.6 is 23.2 Å². The molecule has 0 unspecified atom stereocenters. The number of sulfonamides is 1. The van der Waals surface area contributed by atoms with Crippen LogP contribution in [0.25, 0.3) is 0 Å². The number of ether oxygens (including phenoxy) is 1. The van der Waals surface area contributed by atoms with Crippen molar-refractivity contribution < 1.29 is 22.7 Å². The second kappa shape index (κ2) is 16.2. The van der Waals surface area contributed by atoms with Gasteiger partial charge in [-0.05, 0) is 67.8 Å². The molecule has 4 rings (SSSR count). The molecule has 4 aromatic carbocycles. The molecular formula is C36H39Cl2N3O5S. The van der Waals surface area contributed by atoms with E-state index >= 15 is 0 Å². The van der Waals surface area contributed by atoms with Gasteiger partial charge in [0.1, 0.15) is 18.3 Å². The van der Waals surface area contributed by atoms with Crippen LogP contribution in [0.3, 0.4) is 0 Å². The highest BCUT2D eigenvalue weighted by molar-refractivity contribution is 7.92. The van der Waals surface area contributed by atoms with E-state index < -0.39 is 28.5 Å². The summed E-state index contributed by atoms with van der Waals surface area (Å²) in [5.41, 5.74) is 2.51. The first-order chi connectivity index (χ1) is 22.4. The monoisotopic (exact) mass is 695 g/mol. The molecule has 0 fully saturated rings. The molecule has 0 aliphatic heterocycles. The van der Waals surface area contributed by atoms with E-state index in [2.05, 4.69) is 5.32 Å². The summed E-state index contributed by atoms with van der Waals surface area (Å²) in [4.78, 5) is 30.0. The number of aryl methyl sites for hydroxylation is 1. The van der Waals surface area contributed by atoms with Crippen molar-refractivity contribution in [1.29, 1.82) is 0 Å². The first-order valence-electron chi connectivity index (χ1n) is 15.2. The smallest absolute Gasteiger partial charge is 0.264 e. The van der Waals surface area contributed by atoms with E-state index in [1.165, 1.54) is 24.1 Å². The van der Waals surface area contributed by atoms with Crippen LogP contribution in [-0.4, -0.2) is 50.9 Å². The third kappa shape index (κ3) is 9.06. The molecule has 1 N–H and O–H groups in total. The molecule has 0 heterocycles. The predicted molar refractivity (Wildman–Crippen MR) is 188 cm³/mol. The first kappa shape index (κ1) is 35.8. The average molecular weight is 697 g/mol. The fraction of sp³-hybridized carbons (Fsp3) is 0.278. The van der Waals surface area contributed by atoms with Crippen molar-refractivity contribution in [3.63, 3.8) is 0 Å². The Morgan fingerprint density at radius 3 is 2.17 bits per heavy atom. The van der Waals surface area contributed by atoms with Gasteiger partial charge >= 0.3 is 0 Å². The number of amides is 2. The lowest BCUT2D eigenvalue weighted by molar-refractivity contribution is -0.140. The lowest BCUT2D eigenvalue weighted by Crippen LogP contribution is -2.54. The SMILES string of the molecule is CC[C@H](C)NC(=O)[C@H](Cc1ccccc1)N(Cc1ccc(Cl)c(Cl)c1)C(=O)CN(c1ccccc1OC)S(=O)(=O)c1ccc(C)cc1. The van der Waals surface area contributed by atoms with E-state index in [4.69, 9.17) is 27.9 Å². The number of hydrogen-bond acceptors (Lipinski definition) is 5. The van der Waals surface area contributed by atoms with Crippen LogP contribution in [0.15, 0.2) is 102 Å². The number of rotatable bonds is 14. The van der Waals surface area contributed by atoms with Crippen LogP contribution in [-0.2, 0) is 32.6 Å². The number of nitrogens with zero attached hydrogens (tertiary/aromatic N) is 2. The van der Waals surface area contributed by atoms with Gasteiger partial charge in [-0.1, -0.05) is 96.4 Å². The van der Waals surface area contributed by atoms with Crippen LogP contribution in [0.1, 0.15) is 37.0 Å². The number of carbonyl (C=O) groups is 2. The van der Waals surface area contributed by atoms with Crippen molar-refractivity contribution in [2.45, 2.75) is 57.1 Å². The molecule has 0 aromatic heterocycles. The van der Waals surface area contributed by atoms with Crippen molar-refractivity contribution >= 4 is 50.7 Å². The predicted octanol–water partition coefficient (Wildman–Crippen LogP) is 7.06. The number of anilines is 1. The molecule has 0 aliphatic carbocycles. The number of benzene rings is 4. The van der Waals surface area contributed by atoms with Crippen LogP contribution in [0.4, 0.5) is 5.69 Å².